The quantitative estimate of drug-likeness (QED) is 0.541. The van der Waals surface area contributed by atoms with E-state index in [0.29, 0.717) is 19.4 Å². The summed E-state index contributed by atoms with van der Waals surface area (Å²) in [5.74, 6) is -0.987. The molecule has 4 rings (SSSR count). The maximum Gasteiger partial charge on any atom is 0.242 e. The highest BCUT2D eigenvalue weighted by Crippen LogP contribution is 2.35. The van der Waals surface area contributed by atoms with Gasteiger partial charge in [-0.05, 0) is 91.4 Å². The highest BCUT2D eigenvalue weighted by molar-refractivity contribution is 5.89. The summed E-state index contributed by atoms with van der Waals surface area (Å²) in [6.07, 6.45) is 1.23. The van der Waals surface area contributed by atoms with Gasteiger partial charge in [0.2, 0.25) is 11.8 Å². The first kappa shape index (κ1) is 21.7. The number of aryl methyl sites for hydroxylation is 1. The Morgan fingerprint density at radius 3 is 2.44 bits per heavy atom. The molecule has 0 saturated carbocycles. The molecule has 1 saturated heterocycles. The number of aromatic nitrogens is 1. The number of carbonyl (C=O) groups is 2. The maximum atomic E-state index is 13.6. The van der Waals surface area contributed by atoms with Crippen LogP contribution >= 0.6 is 0 Å². The van der Waals surface area contributed by atoms with Gasteiger partial charge in [0, 0.05) is 29.9 Å². The minimum absolute atomic E-state index is 0.155. The van der Waals surface area contributed by atoms with E-state index < -0.39 is 6.04 Å². The normalized spacial score (nSPS) is 15.6. The Kier molecular flexibility index (Phi) is 6.08. The maximum absolute atomic E-state index is 13.6. The van der Waals surface area contributed by atoms with Crippen LogP contribution in [0.15, 0.2) is 42.5 Å². The molecule has 2 amide bonds. The number of halogens is 2. The van der Waals surface area contributed by atoms with Gasteiger partial charge in [-0.25, -0.2) is 8.78 Å². The van der Waals surface area contributed by atoms with Gasteiger partial charge in [-0.2, -0.15) is 0 Å². The standard InChI is InChI=1S/C25H25F2N3O2/c1-14-13-18(27)7-8-19(14)23-15(2)20(24(30-23)16-3-5-17(26)6-4-16)9-10-22(31)29-21-11-12-28-25(21)32/h3-8,13,21,30H,9-12H2,1-2H3,(H,28,32)(H,29,31). The van der Waals surface area contributed by atoms with Gasteiger partial charge in [0.1, 0.15) is 17.7 Å². The third kappa shape index (κ3) is 4.42. The molecule has 32 heavy (non-hydrogen) atoms. The Morgan fingerprint density at radius 1 is 1.06 bits per heavy atom. The third-order valence-electron chi connectivity index (χ3n) is 5.96. The topological polar surface area (TPSA) is 74.0 Å². The lowest BCUT2D eigenvalue weighted by molar-refractivity contribution is -0.127. The van der Waals surface area contributed by atoms with Crippen molar-refractivity contribution in [1.29, 1.82) is 0 Å². The Bertz CT molecular complexity index is 1170. The number of amides is 2. The number of rotatable bonds is 6. The second-order valence-corrected chi connectivity index (χ2v) is 8.14. The molecule has 7 heteroatoms. The van der Waals surface area contributed by atoms with Crippen molar-refractivity contribution < 1.29 is 18.4 Å². The molecule has 2 heterocycles. The number of aromatic amines is 1. The van der Waals surface area contributed by atoms with Crippen LogP contribution in [-0.4, -0.2) is 29.4 Å². The van der Waals surface area contributed by atoms with Gasteiger partial charge in [-0.1, -0.05) is 0 Å². The first-order valence-electron chi connectivity index (χ1n) is 10.6. The molecule has 1 unspecified atom stereocenters. The zero-order valence-electron chi connectivity index (χ0n) is 18.0. The minimum Gasteiger partial charge on any atom is -0.354 e. The van der Waals surface area contributed by atoms with E-state index in [1.54, 1.807) is 18.2 Å². The largest absolute Gasteiger partial charge is 0.354 e. The summed E-state index contributed by atoms with van der Waals surface area (Å²) < 4.78 is 27.1. The van der Waals surface area contributed by atoms with Crippen LogP contribution in [0.1, 0.15) is 29.5 Å². The van der Waals surface area contributed by atoms with Crippen LogP contribution in [0.3, 0.4) is 0 Å². The van der Waals surface area contributed by atoms with Crippen molar-refractivity contribution in [3.8, 4) is 22.5 Å². The van der Waals surface area contributed by atoms with Gasteiger partial charge in [-0.15, -0.1) is 0 Å². The molecule has 166 valence electrons. The molecule has 0 aliphatic carbocycles. The van der Waals surface area contributed by atoms with Crippen molar-refractivity contribution in [2.75, 3.05) is 6.54 Å². The second-order valence-electron chi connectivity index (χ2n) is 8.14. The molecule has 1 atom stereocenters. The minimum atomic E-state index is -0.483. The van der Waals surface area contributed by atoms with Gasteiger partial charge in [0.05, 0.1) is 0 Å². The SMILES string of the molecule is Cc1cc(F)ccc1-c1[nH]c(-c2ccc(F)cc2)c(CCC(=O)NC2CCNC2=O)c1C. The van der Waals surface area contributed by atoms with Crippen LogP contribution in [0.4, 0.5) is 8.78 Å². The molecule has 0 radical (unpaired) electrons. The predicted octanol–water partition coefficient (Wildman–Crippen LogP) is 4.18. The number of carbonyl (C=O) groups excluding carboxylic acids is 2. The molecule has 0 bridgehead atoms. The Hall–Kier alpha value is -3.48. The number of nitrogens with one attached hydrogen (secondary N) is 3. The van der Waals surface area contributed by atoms with E-state index in [9.17, 15) is 18.4 Å². The van der Waals surface area contributed by atoms with Crippen LogP contribution in [0.25, 0.3) is 22.5 Å². The fourth-order valence-corrected chi connectivity index (χ4v) is 4.22. The smallest absolute Gasteiger partial charge is 0.242 e. The number of hydrogen-bond donors (Lipinski definition) is 3. The molecular weight excluding hydrogens is 412 g/mol. The van der Waals surface area contributed by atoms with E-state index >= 15 is 0 Å². The molecule has 0 spiro atoms. The van der Waals surface area contributed by atoms with E-state index in [1.165, 1.54) is 24.3 Å². The van der Waals surface area contributed by atoms with Gasteiger partial charge in [-0.3, -0.25) is 9.59 Å². The van der Waals surface area contributed by atoms with E-state index in [4.69, 9.17) is 0 Å². The van der Waals surface area contributed by atoms with Crippen molar-refractivity contribution in [3.05, 3.63) is 70.8 Å². The first-order chi connectivity index (χ1) is 15.3. The first-order valence-corrected chi connectivity index (χ1v) is 10.6. The van der Waals surface area contributed by atoms with E-state index in [0.717, 1.165) is 39.2 Å². The van der Waals surface area contributed by atoms with Gasteiger partial charge in [0.15, 0.2) is 0 Å². The monoisotopic (exact) mass is 437 g/mol. The Balaban J connectivity index is 1.66. The van der Waals surface area contributed by atoms with Crippen molar-refractivity contribution in [2.24, 2.45) is 0 Å². The zero-order chi connectivity index (χ0) is 22.8. The van der Waals surface area contributed by atoms with E-state index in [-0.39, 0.29) is 29.9 Å². The zero-order valence-corrected chi connectivity index (χ0v) is 18.0. The Morgan fingerprint density at radius 2 is 1.78 bits per heavy atom. The number of H-pyrrole nitrogens is 1. The fraction of sp³-hybridized carbons (Fsp3) is 0.280. The molecule has 5 nitrogen and oxygen atoms in total. The average Bonchev–Trinajstić information content (AvgIpc) is 3.30. The fourth-order valence-electron chi connectivity index (χ4n) is 4.22. The summed E-state index contributed by atoms with van der Waals surface area (Å²) >= 11 is 0. The molecule has 1 aliphatic rings. The van der Waals surface area contributed by atoms with Gasteiger partial charge >= 0.3 is 0 Å². The van der Waals surface area contributed by atoms with Crippen LogP contribution in [-0.2, 0) is 16.0 Å². The summed E-state index contributed by atoms with van der Waals surface area (Å²) in [5, 5.41) is 5.49. The molecule has 1 aliphatic heterocycles. The predicted molar refractivity (Wildman–Crippen MR) is 119 cm³/mol. The van der Waals surface area contributed by atoms with Crippen LogP contribution in [0.5, 0.6) is 0 Å². The van der Waals surface area contributed by atoms with Crippen LogP contribution in [0, 0.1) is 25.5 Å². The van der Waals surface area contributed by atoms with Gasteiger partial charge in [0.25, 0.3) is 0 Å². The van der Waals surface area contributed by atoms with E-state index in [2.05, 4.69) is 15.6 Å². The van der Waals surface area contributed by atoms with E-state index in [1.807, 2.05) is 13.8 Å². The molecule has 3 aromatic rings. The Labute approximate surface area is 185 Å². The number of hydrogen-bond acceptors (Lipinski definition) is 2. The number of benzene rings is 2. The van der Waals surface area contributed by atoms with Gasteiger partial charge < -0.3 is 15.6 Å². The van der Waals surface area contributed by atoms with Crippen LogP contribution < -0.4 is 10.6 Å². The lowest BCUT2D eigenvalue weighted by Gasteiger charge is -2.11. The lowest BCUT2D eigenvalue weighted by atomic mass is 9.97. The van der Waals surface area contributed by atoms with Crippen molar-refractivity contribution in [1.82, 2.24) is 15.6 Å². The third-order valence-corrected chi connectivity index (χ3v) is 5.96. The van der Waals surface area contributed by atoms with Crippen molar-refractivity contribution in [2.45, 2.75) is 39.2 Å². The van der Waals surface area contributed by atoms with Crippen molar-refractivity contribution in [3.63, 3.8) is 0 Å². The molecule has 1 fully saturated rings. The average molecular weight is 437 g/mol. The summed E-state index contributed by atoms with van der Waals surface area (Å²) in [7, 11) is 0. The second kappa shape index (κ2) is 8.94. The highest BCUT2D eigenvalue weighted by atomic mass is 19.1. The summed E-state index contributed by atoms with van der Waals surface area (Å²) in [6, 6.07) is 10.3. The summed E-state index contributed by atoms with van der Waals surface area (Å²) in [4.78, 5) is 27.7. The molecule has 1 aromatic heterocycles. The lowest BCUT2D eigenvalue weighted by Crippen LogP contribution is -2.40. The summed E-state index contributed by atoms with van der Waals surface area (Å²) in [6.45, 7) is 4.37. The van der Waals surface area contributed by atoms with Crippen molar-refractivity contribution >= 4 is 11.8 Å². The highest BCUT2D eigenvalue weighted by Gasteiger charge is 2.26. The molecule has 3 N–H and O–H groups in total. The molecule has 2 aromatic carbocycles. The van der Waals surface area contributed by atoms with Crippen LogP contribution in [0.2, 0.25) is 0 Å². The summed E-state index contributed by atoms with van der Waals surface area (Å²) in [5.41, 5.74) is 5.97. The molecular formula is C25H25F2N3O2.